The van der Waals surface area contributed by atoms with Gasteiger partial charge in [0.05, 0.1) is 57.7 Å². The first-order chi connectivity index (χ1) is 12.0. The Morgan fingerprint density at radius 3 is 2.64 bits per heavy atom. The van der Waals surface area contributed by atoms with E-state index in [1.54, 1.807) is 25.1 Å². The first-order valence-electron chi connectivity index (χ1n) is 8.19. The van der Waals surface area contributed by atoms with Crippen molar-refractivity contribution in [2.24, 2.45) is 0 Å². The fourth-order valence-electron chi connectivity index (χ4n) is 2.43. The van der Waals surface area contributed by atoms with Gasteiger partial charge in [-0.3, -0.25) is 4.98 Å². The van der Waals surface area contributed by atoms with Gasteiger partial charge in [0.1, 0.15) is 5.56 Å². The summed E-state index contributed by atoms with van der Waals surface area (Å²) in [5.41, 5.74) is 2.06. The molecule has 0 aliphatic carbocycles. The molecule has 0 aliphatic rings. The highest BCUT2D eigenvalue weighted by Crippen LogP contribution is 2.27. The van der Waals surface area contributed by atoms with Gasteiger partial charge in [-0.1, -0.05) is 0 Å². The molecule has 2 rings (SSSR count). The van der Waals surface area contributed by atoms with Crippen molar-refractivity contribution in [2.45, 2.75) is 6.92 Å². The molecule has 2 aromatic rings. The number of benzene rings is 1. The molecule has 7 nitrogen and oxygen atoms in total. The number of pyridine rings is 1. The summed E-state index contributed by atoms with van der Waals surface area (Å²) in [5, 5.41) is 3.98. The minimum absolute atomic E-state index is 0.278. The number of hydrogen-bond acceptors (Lipinski definition) is 6. The molecule has 2 N–H and O–H groups in total. The second-order valence-corrected chi connectivity index (χ2v) is 5.87. The zero-order valence-corrected chi connectivity index (χ0v) is 15.0. The van der Waals surface area contributed by atoms with E-state index in [2.05, 4.69) is 10.3 Å². The molecule has 0 radical (unpaired) electrons. The molecule has 25 heavy (non-hydrogen) atoms. The second-order valence-electron chi connectivity index (χ2n) is 5.87. The summed E-state index contributed by atoms with van der Waals surface area (Å²) in [5.74, 6) is -0.882. The number of methoxy groups -OCH3 is 1. The number of fused-ring (bicyclic) bond motifs is 1. The summed E-state index contributed by atoms with van der Waals surface area (Å²) in [7, 11) is 5.43. The number of hydrogen-bond donors (Lipinski definition) is 2. The number of nitrogens with one attached hydrogen (secondary N) is 2. The lowest BCUT2D eigenvalue weighted by atomic mass is 10.1. The molecular weight excluding hydrogens is 322 g/mol. The zero-order valence-electron chi connectivity index (χ0n) is 15.0. The molecule has 1 aromatic heterocycles. The fraction of sp³-hybridized carbons (Fsp3) is 0.389. The van der Waals surface area contributed by atoms with E-state index in [1.165, 1.54) is 18.2 Å². The van der Waals surface area contributed by atoms with Crippen LogP contribution in [0.2, 0.25) is 0 Å². The van der Waals surface area contributed by atoms with Crippen molar-refractivity contribution < 1.29 is 24.0 Å². The molecule has 0 saturated heterocycles. The maximum Gasteiger partial charge on any atom is 0.341 e. The quantitative estimate of drug-likeness (QED) is 0.720. The summed E-state index contributed by atoms with van der Waals surface area (Å²) < 4.78 is 9.91. The molecule has 0 spiro atoms. The van der Waals surface area contributed by atoms with E-state index in [0.29, 0.717) is 34.3 Å². The number of aromatic nitrogens is 1. The van der Waals surface area contributed by atoms with Gasteiger partial charge in [-0.25, -0.2) is 9.59 Å². The van der Waals surface area contributed by atoms with E-state index in [1.807, 2.05) is 14.1 Å². The number of rotatable bonds is 7. The van der Waals surface area contributed by atoms with E-state index in [9.17, 15) is 9.59 Å². The van der Waals surface area contributed by atoms with E-state index in [0.717, 1.165) is 6.54 Å². The Bertz CT molecular complexity index is 774. The van der Waals surface area contributed by atoms with Crippen molar-refractivity contribution in [2.75, 3.05) is 46.2 Å². The topological polar surface area (TPSA) is 82.0 Å². The van der Waals surface area contributed by atoms with E-state index in [-0.39, 0.29) is 6.61 Å². The standard InChI is InChI=1S/C18H23N3O4/c1-5-25-18(23)14-11-20-15-7-6-12(17(22)24-4)10-13(15)16(14)19-8-9-21(2)3/h6-7,10-11H,5,8-9H2,1-4H3,(H,19,20)/p+1. The van der Waals surface area contributed by atoms with Crippen molar-refractivity contribution in [1.82, 2.24) is 4.98 Å². The maximum absolute atomic E-state index is 12.3. The summed E-state index contributed by atoms with van der Waals surface area (Å²) in [6.07, 6.45) is 1.50. The van der Waals surface area contributed by atoms with Crippen LogP contribution in [0.5, 0.6) is 0 Å². The average molecular weight is 346 g/mol. The number of ether oxygens (including phenoxy) is 2. The average Bonchev–Trinajstić information content (AvgIpc) is 2.60. The fourth-order valence-corrected chi connectivity index (χ4v) is 2.43. The minimum atomic E-state index is -0.444. The van der Waals surface area contributed by atoms with Crippen LogP contribution in [0.3, 0.4) is 0 Å². The zero-order chi connectivity index (χ0) is 18.4. The Kier molecular flexibility index (Phi) is 6.30. The van der Waals surface area contributed by atoms with Gasteiger partial charge in [-0.15, -0.1) is 0 Å². The second kappa shape index (κ2) is 8.43. The summed E-state index contributed by atoms with van der Waals surface area (Å²) in [6.45, 7) is 3.56. The lowest BCUT2D eigenvalue weighted by Crippen LogP contribution is -3.06. The molecule has 1 aromatic carbocycles. The molecule has 0 aliphatic heterocycles. The van der Waals surface area contributed by atoms with Crippen molar-refractivity contribution in [1.29, 1.82) is 0 Å². The Labute approximate surface area is 146 Å². The maximum atomic E-state index is 12.3. The first kappa shape index (κ1) is 18.7. The Morgan fingerprint density at radius 1 is 1.24 bits per heavy atom. The van der Waals surface area contributed by atoms with Crippen LogP contribution in [0.25, 0.3) is 10.9 Å². The van der Waals surface area contributed by atoms with Gasteiger partial charge in [0.25, 0.3) is 0 Å². The van der Waals surface area contributed by atoms with E-state index >= 15 is 0 Å². The third kappa shape index (κ3) is 4.45. The molecule has 0 fully saturated rings. The normalized spacial score (nSPS) is 10.8. The highest BCUT2D eigenvalue weighted by atomic mass is 16.5. The highest BCUT2D eigenvalue weighted by Gasteiger charge is 2.18. The number of quaternary nitrogens is 1. The minimum Gasteiger partial charge on any atom is -0.465 e. The third-order valence-electron chi connectivity index (χ3n) is 3.71. The Balaban J connectivity index is 2.53. The third-order valence-corrected chi connectivity index (χ3v) is 3.71. The summed E-state index contributed by atoms with van der Waals surface area (Å²) >= 11 is 0. The smallest absolute Gasteiger partial charge is 0.341 e. The summed E-state index contributed by atoms with van der Waals surface area (Å²) in [6, 6.07) is 5.07. The van der Waals surface area contributed by atoms with Crippen LogP contribution in [0.1, 0.15) is 27.6 Å². The van der Waals surface area contributed by atoms with Crippen LogP contribution in [0.15, 0.2) is 24.4 Å². The van der Waals surface area contributed by atoms with Crippen molar-refractivity contribution in [3.05, 3.63) is 35.5 Å². The number of nitrogens with zero attached hydrogens (tertiary/aromatic N) is 1. The van der Waals surface area contributed by atoms with Gasteiger partial charge in [0, 0.05) is 11.6 Å². The molecule has 0 saturated carbocycles. The number of carbonyl (C=O) groups excluding carboxylic acids is 2. The van der Waals surface area contributed by atoms with Crippen molar-refractivity contribution in [3.8, 4) is 0 Å². The van der Waals surface area contributed by atoms with Crippen LogP contribution < -0.4 is 10.2 Å². The predicted molar refractivity (Wildman–Crippen MR) is 95.2 cm³/mol. The van der Waals surface area contributed by atoms with Gasteiger partial charge in [0.15, 0.2) is 0 Å². The van der Waals surface area contributed by atoms with Gasteiger partial charge in [-0.2, -0.15) is 0 Å². The monoisotopic (exact) mass is 346 g/mol. The van der Waals surface area contributed by atoms with Gasteiger partial charge < -0.3 is 19.7 Å². The molecule has 1 heterocycles. The number of likely N-dealkylation sites (N-methyl/N-ethyl adjacent to an activating group) is 1. The van der Waals surface area contributed by atoms with Crippen LogP contribution in [0.4, 0.5) is 5.69 Å². The largest absolute Gasteiger partial charge is 0.465 e. The lowest BCUT2D eigenvalue weighted by Gasteiger charge is -2.15. The van der Waals surface area contributed by atoms with Gasteiger partial charge >= 0.3 is 11.9 Å². The van der Waals surface area contributed by atoms with Crippen molar-refractivity contribution in [3.63, 3.8) is 0 Å². The number of esters is 2. The van der Waals surface area contributed by atoms with Gasteiger partial charge in [0.2, 0.25) is 0 Å². The van der Waals surface area contributed by atoms with Crippen LogP contribution >= 0.6 is 0 Å². The molecule has 0 unspecified atom stereocenters. The lowest BCUT2D eigenvalue weighted by molar-refractivity contribution is -0.856. The first-order valence-corrected chi connectivity index (χ1v) is 8.19. The highest BCUT2D eigenvalue weighted by molar-refractivity contribution is 6.06. The van der Waals surface area contributed by atoms with E-state index in [4.69, 9.17) is 9.47 Å². The molecule has 0 atom stereocenters. The molecule has 0 bridgehead atoms. The molecule has 0 amide bonds. The predicted octanol–water partition coefficient (Wildman–Crippen LogP) is 0.755. The van der Waals surface area contributed by atoms with Crippen LogP contribution in [0, 0.1) is 0 Å². The number of carbonyl (C=O) groups is 2. The SMILES string of the molecule is CCOC(=O)c1cnc2ccc(C(=O)OC)cc2c1NCC[NH+](C)C. The Hall–Kier alpha value is -2.67. The molecule has 7 heteroatoms. The van der Waals surface area contributed by atoms with Crippen molar-refractivity contribution >= 4 is 28.5 Å². The van der Waals surface area contributed by atoms with E-state index < -0.39 is 11.9 Å². The molecular formula is C18H24N3O4+. The van der Waals surface area contributed by atoms with Gasteiger partial charge in [-0.05, 0) is 25.1 Å². The van der Waals surface area contributed by atoms with Crippen LogP contribution in [-0.2, 0) is 9.47 Å². The molecule has 134 valence electrons. The summed E-state index contributed by atoms with van der Waals surface area (Å²) in [4.78, 5) is 29.7. The van der Waals surface area contributed by atoms with Crippen LogP contribution in [-0.4, -0.2) is 57.8 Å². The number of anilines is 1. The Morgan fingerprint density at radius 2 is 2.00 bits per heavy atom.